The molecule has 28 heavy (non-hydrogen) atoms. The summed E-state index contributed by atoms with van der Waals surface area (Å²) in [5.41, 5.74) is 1.66. The van der Waals surface area contributed by atoms with Gasteiger partial charge < -0.3 is 19.9 Å². The summed E-state index contributed by atoms with van der Waals surface area (Å²) in [6, 6.07) is 5.88. The number of piperazine rings is 1. The van der Waals surface area contributed by atoms with Crippen LogP contribution in [0.3, 0.4) is 0 Å². The molecule has 8 nitrogen and oxygen atoms in total. The molecule has 150 valence electrons. The molecule has 1 fully saturated rings. The first-order chi connectivity index (χ1) is 13.3. The fourth-order valence-electron chi connectivity index (χ4n) is 3.51. The fourth-order valence-corrected chi connectivity index (χ4v) is 3.71. The first kappa shape index (κ1) is 19.0. The van der Waals surface area contributed by atoms with Gasteiger partial charge >= 0.3 is 6.09 Å². The van der Waals surface area contributed by atoms with Gasteiger partial charge in [0.05, 0.1) is 12.2 Å². The van der Waals surface area contributed by atoms with Crippen LogP contribution < -0.4 is 10.2 Å². The maximum Gasteiger partial charge on any atom is 0.410 e. The second-order valence-electron chi connectivity index (χ2n) is 8.08. The van der Waals surface area contributed by atoms with Gasteiger partial charge in [-0.15, -0.1) is 10.2 Å². The van der Waals surface area contributed by atoms with Crippen LogP contribution in [0.1, 0.15) is 32.2 Å². The van der Waals surface area contributed by atoms with Gasteiger partial charge in [0.1, 0.15) is 5.60 Å². The van der Waals surface area contributed by atoms with E-state index < -0.39 is 5.60 Å². The summed E-state index contributed by atoms with van der Waals surface area (Å²) in [5, 5.41) is 12.9. The number of hydrogen-bond acceptors (Lipinski definition) is 6. The molecule has 1 saturated heterocycles. The second kappa shape index (κ2) is 7.25. The van der Waals surface area contributed by atoms with Gasteiger partial charge in [0.15, 0.2) is 5.82 Å². The highest BCUT2D eigenvalue weighted by Crippen LogP contribution is 2.28. The molecule has 2 aromatic rings. The first-order valence-electron chi connectivity index (χ1n) is 9.48. The molecule has 4 rings (SSSR count). The SMILES string of the molecule is CC(C)(C)OC(=O)N1CCN(c2nnc3n2-c2ccc(Cl)cc2CNC3)CC1. The van der Waals surface area contributed by atoms with Gasteiger partial charge in [-0.3, -0.25) is 4.57 Å². The highest BCUT2D eigenvalue weighted by Gasteiger charge is 2.29. The van der Waals surface area contributed by atoms with Crippen LogP contribution in [-0.2, 0) is 17.8 Å². The Hall–Kier alpha value is -2.32. The van der Waals surface area contributed by atoms with E-state index in [2.05, 4.69) is 25.0 Å². The minimum absolute atomic E-state index is 0.267. The Morgan fingerprint density at radius 1 is 1.14 bits per heavy atom. The molecule has 0 aliphatic carbocycles. The minimum atomic E-state index is -0.490. The van der Waals surface area contributed by atoms with Crippen LogP contribution in [0.5, 0.6) is 0 Å². The van der Waals surface area contributed by atoms with Gasteiger partial charge in [-0.05, 0) is 44.5 Å². The average molecular weight is 405 g/mol. The van der Waals surface area contributed by atoms with Crippen molar-refractivity contribution in [2.24, 2.45) is 0 Å². The molecule has 0 atom stereocenters. The lowest BCUT2D eigenvalue weighted by Crippen LogP contribution is -2.50. The van der Waals surface area contributed by atoms with Crippen molar-refractivity contribution in [2.75, 3.05) is 31.1 Å². The summed E-state index contributed by atoms with van der Waals surface area (Å²) in [4.78, 5) is 16.2. The van der Waals surface area contributed by atoms with E-state index in [4.69, 9.17) is 16.3 Å². The third-order valence-corrected chi connectivity index (χ3v) is 5.04. The van der Waals surface area contributed by atoms with Crippen molar-refractivity contribution >= 4 is 23.6 Å². The Morgan fingerprint density at radius 2 is 1.89 bits per heavy atom. The van der Waals surface area contributed by atoms with Crippen molar-refractivity contribution < 1.29 is 9.53 Å². The number of carbonyl (C=O) groups is 1. The molecule has 1 N–H and O–H groups in total. The highest BCUT2D eigenvalue weighted by molar-refractivity contribution is 6.30. The van der Waals surface area contributed by atoms with E-state index in [1.54, 1.807) is 4.90 Å². The van der Waals surface area contributed by atoms with Crippen LogP contribution in [0, 0.1) is 0 Å². The lowest BCUT2D eigenvalue weighted by molar-refractivity contribution is 0.0240. The monoisotopic (exact) mass is 404 g/mol. The quantitative estimate of drug-likeness (QED) is 0.787. The summed E-state index contributed by atoms with van der Waals surface area (Å²) >= 11 is 6.18. The van der Waals surface area contributed by atoms with Gasteiger partial charge in [0.2, 0.25) is 5.95 Å². The Balaban J connectivity index is 1.55. The Morgan fingerprint density at radius 3 is 2.61 bits per heavy atom. The summed E-state index contributed by atoms with van der Waals surface area (Å²) in [6.07, 6.45) is -0.267. The number of benzene rings is 1. The van der Waals surface area contributed by atoms with Crippen molar-refractivity contribution in [1.29, 1.82) is 0 Å². The van der Waals surface area contributed by atoms with E-state index in [1.165, 1.54) is 0 Å². The van der Waals surface area contributed by atoms with Gasteiger partial charge in [0.25, 0.3) is 0 Å². The predicted molar refractivity (Wildman–Crippen MR) is 107 cm³/mol. The number of ether oxygens (including phenoxy) is 1. The molecular weight excluding hydrogens is 380 g/mol. The van der Waals surface area contributed by atoms with E-state index in [1.807, 2.05) is 39.0 Å². The predicted octanol–water partition coefficient (Wildman–Crippen LogP) is 2.58. The summed E-state index contributed by atoms with van der Waals surface area (Å²) < 4.78 is 7.57. The molecule has 1 aromatic heterocycles. The van der Waals surface area contributed by atoms with Crippen LogP contribution >= 0.6 is 11.6 Å². The third-order valence-electron chi connectivity index (χ3n) is 4.81. The lowest BCUT2D eigenvalue weighted by atomic mass is 10.2. The van der Waals surface area contributed by atoms with Gasteiger partial charge in [-0.2, -0.15) is 0 Å². The minimum Gasteiger partial charge on any atom is -0.444 e. The largest absolute Gasteiger partial charge is 0.444 e. The zero-order valence-corrected chi connectivity index (χ0v) is 17.2. The molecule has 2 aliphatic heterocycles. The smallest absolute Gasteiger partial charge is 0.410 e. The molecule has 2 aliphatic rings. The molecule has 3 heterocycles. The number of halogens is 1. The second-order valence-corrected chi connectivity index (χ2v) is 8.52. The molecule has 9 heteroatoms. The fraction of sp³-hybridized carbons (Fsp3) is 0.526. The molecule has 0 radical (unpaired) electrons. The molecule has 1 amide bonds. The maximum absolute atomic E-state index is 12.3. The number of amides is 1. The van der Waals surface area contributed by atoms with Gasteiger partial charge in [-0.1, -0.05) is 11.6 Å². The number of fused-ring (bicyclic) bond motifs is 3. The zero-order chi connectivity index (χ0) is 19.9. The number of aromatic nitrogens is 3. The van der Waals surface area contributed by atoms with E-state index in [0.29, 0.717) is 37.7 Å². The van der Waals surface area contributed by atoms with Crippen molar-refractivity contribution in [3.63, 3.8) is 0 Å². The van der Waals surface area contributed by atoms with E-state index >= 15 is 0 Å². The topological polar surface area (TPSA) is 75.5 Å². The summed E-state index contributed by atoms with van der Waals surface area (Å²) in [6.45, 7) is 9.52. The lowest BCUT2D eigenvalue weighted by Gasteiger charge is -2.36. The van der Waals surface area contributed by atoms with E-state index in [-0.39, 0.29) is 6.09 Å². The van der Waals surface area contributed by atoms with Crippen LogP contribution in [0.2, 0.25) is 5.02 Å². The molecule has 0 spiro atoms. The summed E-state index contributed by atoms with van der Waals surface area (Å²) in [7, 11) is 0. The van der Waals surface area contributed by atoms with Gasteiger partial charge in [-0.25, -0.2) is 4.79 Å². The molecule has 0 saturated carbocycles. The van der Waals surface area contributed by atoms with Crippen LogP contribution in [0.4, 0.5) is 10.7 Å². The number of anilines is 1. The number of rotatable bonds is 1. The van der Waals surface area contributed by atoms with E-state index in [0.717, 1.165) is 29.6 Å². The molecule has 1 aromatic carbocycles. The molecule has 0 bridgehead atoms. The Kier molecular flexibility index (Phi) is 4.93. The zero-order valence-electron chi connectivity index (χ0n) is 16.4. The standard InChI is InChI=1S/C19H25ClN6O2/c1-19(2,3)28-18(27)25-8-6-24(7-9-25)17-23-22-16-12-21-11-13-10-14(20)4-5-15(13)26(16)17/h4-5,10,21H,6-9,11-12H2,1-3H3. The van der Waals surface area contributed by atoms with Crippen molar-refractivity contribution in [2.45, 2.75) is 39.5 Å². The van der Waals surface area contributed by atoms with Crippen LogP contribution in [0.15, 0.2) is 18.2 Å². The average Bonchev–Trinajstić information content (AvgIpc) is 2.96. The van der Waals surface area contributed by atoms with Crippen molar-refractivity contribution in [3.8, 4) is 5.69 Å². The molecule has 0 unspecified atom stereocenters. The first-order valence-corrected chi connectivity index (χ1v) is 9.86. The van der Waals surface area contributed by atoms with Crippen LogP contribution in [0.25, 0.3) is 5.69 Å². The number of nitrogens with zero attached hydrogens (tertiary/aromatic N) is 5. The van der Waals surface area contributed by atoms with E-state index in [9.17, 15) is 4.79 Å². The summed E-state index contributed by atoms with van der Waals surface area (Å²) in [5.74, 6) is 1.66. The molecular formula is C19H25ClN6O2. The number of nitrogens with one attached hydrogen (secondary N) is 1. The van der Waals surface area contributed by atoms with Gasteiger partial charge in [0, 0.05) is 37.7 Å². The highest BCUT2D eigenvalue weighted by atomic mass is 35.5. The Labute approximate surface area is 169 Å². The van der Waals surface area contributed by atoms with Crippen LogP contribution in [-0.4, -0.2) is 57.5 Å². The maximum atomic E-state index is 12.3. The number of carbonyl (C=O) groups excluding carboxylic acids is 1. The van der Waals surface area contributed by atoms with Crippen molar-refractivity contribution in [1.82, 2.24) is 25.0 Å². The Bertz CT molecular complexity index is 883. The normalized spacial score (nSPS) is 17.0. The number of hydrogen-bond donors (Lipinski definition) is 1. The third kappa shape index (κ3) is 3.79. The van der Waals surface area contributed by atoms with Crippen molar-refractivity contribution in [3.05, 3.63) is 34.6 Å².